The van der Waals surface area contributed by atoms with E-state index in [0.717, 1.165) is 0 Å². The molecule has 0 aliphatic heterocycles. The zero-order valence-corrected chi connectivity index (χ0v) is 9.47. The van der Waals surface area contributed by atoms with Crippen molar-refractivity contribution in [2.45, 2.75) is 6.04 Å². The first-order valence-corrected chi connectivity index (χ1v) is 4.73. The Balaban J connectivity index is 3.12. The Labute approximate surface area is 93.9 Å². The van der Waals surface area contributed by atoms with Crippen molar-refractivity contribution >= 4 is 5.97 Å². The first kappa shape index (κ1) is 12.3. The molecule has 88 valence electrons. The average molecular weight is 225 g/mol. The van der Waals surface area contributed by atoms with E-state index in [1.165, 1.54) is 13.2 Å². The first-order valence-electron chi connectivity index (χ1n) is 4.73. The minimum Gasteiger partial charge on any atom is -0.504 e. The van der Waals surface area contributed by atoms with E-state index in [-0.39, 0.29) is 5.75 Å². The number of phenols is 1. The number of aromatic hydroxyl groups is 1. The second kappa shape index (κ2) is 4.85. The van der Waals surface area contributed by atoms with Crippen LogP contribution in [0.5, 0.6) is 11.5 Å². The number of phenolic OH excluding ortho intramolecular Hbond substituents is 1. The van der Waals surface area contributed by atoms with Gasteiger partial charge in [-0.1, -0.05) is 6.07 Å². The Morgan fingerprint density at radius 2 is 2.06 bits per heavy atom. The van der Waals surface area contributed by atoms with E-state index in [1.54, 1.807) is 31.1 Å². The molecular weight excluding hydrogens is 210 g/mol. The molecule has 1 rings (SSSR count). The summed E-state index contributed by atoms with van der Waals surface area (Å²) in [6, 6.07) is 3.79. The summed E-state index contributed by atoms with van der Waals surface area (Å²) in [5.74, 6) is -0.700. The fourth-order valence-corrected chi connectivity index (χ4v) is 1.54. The lowest BCUT2D eigenvalue weighted by molar-refractivity contribution is -0.142. The van der Waals surface area contributed by atoms with Gasteiger partial charge in [0.2, 0.25) is 0 Å². The molecule has 0 heterocycles. The number of nitrogens with zero attached hydrogens (tertiary/aromatic N) is 1. The number of carboxylic acids is 1. The lowest BCUT2D eigenvalue weighted by atomic mass is 10.1. The van der Waals surface area contributed by atoms with E-state index in [4.69, 9.17) is 9.84 Å². The molecule has 0 fully saturated rings. The van der Waals surface area contributed by atoms with Gasteiger partial charge in [0.1, 0.15) is 6.04 Å². The summed E-state index contributed by atoms with van der Waals surface area (Å²) >= 11 is 0. The van der Waals surface area contributed by atoms with Crippen molar-refractivity contribution in [3.05, 3.63) is 23.8 Å². The van der Waals surface area contributed by atoms with Crippen LogP contribution in [0.1, 0.15) is 11.6 Å². The Morgan fingerprint density at radius 3 is 2.44 bits per heavy atom. The molecular formula is C11H15NO4. The lowest BCUT2D eigenvalue weighted by Gasteiger charge is -2.20. The summed E-state index contributed by atoms with van der Waals surface area (Å²) < 4.78 is 4.89. The Morgan fingerprint density at radius 1 is 1.44 bits per heavy atom. The zero-order valence-electron chi connectivity index (χ0n) is 9.47. The molecule has 1 unspecified atom stereocenters. The number of aliphatic carboxylic acids is 1. The average Bonchev–Trinajstić information content (AvgIpc) is 2.16. The maximum absolute atomic E-state index is 11.1. The number of hydrogen-bond donors (Lipinski definition) is 2. The molecule has 0 aliphatic rings. The summed E-state index contributed by atoms with van der Waals surface area (Å²) in [6.45, 7) is 0. The van der Waals surface area contributed by atoms with Gasteiger partial charge in [-0.2, -0.15) is 0 Å². The van der Waals surface area contributed by atoms with Crippen LogP contribution in [0.3, 0.4) is 0 Å². The Kier molecular flexibility index (Phi) is 3.73. The van der Waals surface area contributed by atoms with E-state index in [9.17, 15) is 9.90 Å². The molecule has 0 aromatic heterocycles. The quantitative estimate of drug-likeness (QED) is 0.802. The highest BCUT2D eigenvalue weighted by Gasteiger charge is 2.22. The molecule has 5 nitrogen and oxygen atoms in total. The van der Waals surface area contributed by atoms with Gasteiger partial charge < -0.3 is 14.9 Å². The van der Waals surface area contributed by atoms with Crippen molar-refractivity contribution in [2.75, 3.05) is 21.2 Å². The lowest BCUT2D eigenvalue weighted by Crippen LogP contribution is -2.27. The second-order valence-electron chi connectivity index (χ2n) is 3.64. The highest BCUT2D eigenvalue weighted by atomic mass is 16.5. The molecule has 16 heavy (non-hydrogen) atoms. The van der Waals surface area contributed by atoms with Crippen LogP contribution in [0.4, 0.5) is 0 Å². The molecule has 0 radical (unpaired) electrons. The number of carbonyl (C=O) groups is 1. The third-order valence-corrected chi connectivity index (χ3v) is 2.27. The van der Waals surface area contributed by atoms with Gasteiger partial charge in [-0.25, -0.2) is 0 Å². The predicted octanol–water partition coefficient (Wildman–Crippen LogP) is 1.09. The molecule has 1 aromatic rings. The van der Waals surface area contributed by atoms with E-state index in [2.05, 4.69) is 0 Å². The van der Waals surface area contributed by atoms with Crippen LogP contribution in [0.2, 0.25) is 0 Å². The van der Waals surface area contributed by atoms with Crippen molar-refractivity contribution in [1.82, 2.24) is 4.90 Å². The van der Waals surface area contributed by atoms with Gasteiger partial charge in [-0.3, -0.25) is 9.69 Å². The van der Waals surface area contributed by atoms with Crippen LogP contribution in [-0.4, -0.2) is 42.3 Å². The predicted molar refractivity (Wildman–Crippen MR) is 58.7 cm³/mol. The van der Waals surface area contributed by atoms with Gasteiger partial charge >= 0.3 is 5.97 Å². The van der Waals surface area contributed by atoms with Crippen molar-refractivity contribution < 1.29 is 19.7 Å². The van der Waals surface area contributed by atoms with Crippen LogP contribution in [0, 0.1) is 0 Å². The van der Waals surface area contributed by atoms with Crippen LogP contribution in [0.25, 0.3) is 0 Å². The van der Waals surface area contributed by atoms with Gasteiger partial charge in [0.05, 0.1) is 7.11 Å². The summed E-state index contributed by atoms with van der Waals surface area (Å²) in [5, 5.41) is 18.6. The van der Waals surface area contributed by atoms with E-state index in [0.29, 0.717) is 11.3 Å². The van der Waals surface area contributed by atoms with Crippen molar-refractivity contribution in [3.63, 3.8) is 0 Å². The van der Waals surface area contributed by atoms with Crippen LogP contribution in [0.15, 0.2) is 18.2 Å². The standard InChI is InChI=1S/C11H15NO4/c1-12(2)10(11(14)15)7-4-5-9(16-3)8(13)6-7/h4-6,10,13H,1-3H3,(H,14,15). The monoisotopic (exact) mass is 225 g/mol. The highest BCUT2D eigenvalue weighted by Crippen LogP contribution is 2.30. The molecule has 1 atom stereocenters. The minimum atomic E-state index is -0.963. The second-order valence-corrected chi connectivity index (χ2v) is 3.64. The molecule has 0 amide bonds. The van der Waals surface area contributed by atoms with E-state index >= 15 is 0 Å². The largest absolute Gasteiger partial charge is 0.504 e. The van der Waals surface area contributed by atoms with Gasteiger partial charge in [0.15, 0.2) is 11.5 Å². The molecule has 0 bridgehead atoms. The van der Waals surface area contributed by atoms with E-state index in [1.807, 2.05) is 0 Å². The number of rotatable bonds is 4. The summed E-state index contributed by atoms with van der Waals surface area (Å²) in [5.41, 5.74) is 0.510. The van der Waals surface area contributed by atoms with Gasteiger partial charge in [-0.05, 0) is 31.8 Å². The van der Waals surface area contributed by atoms with Crippen molar-refractivity contribution in [1.29, 1.82) is 0 Å². The van der Waals surface area contributed by atoms with Crippen LogP contribution in [-0.2, 0) is 4.79 Å². The topological polar surface area (TPSA) is 70.0 Å². The fourth-order valence-electron chi connectivity index (χ4n) is 1.54. The highest BCUT2D eigenvalue weighted by molar-refractivity contribution is 5.75. The summed E-state index contributed by atoms with van der Waals surface area (Å²) in [4.78, 5) is 12.6. The van der Waals surface area contributed by atoms with Crippen molar-refractivity contribution in [2.24, 2.45) is 0 Å². The van der Waals surface area contributed by atoms with Crippen molar-refractivity contribution in [3.8, 4) is 11.5 Å². The zero-order chi connectivity index (χ0) is 12.3. The Bertz CT molecular complexity index is 390. The fraction of sp³-hybridized carbons (Fsp3) is 0.364. The molecule has 5 heteroatoms. The number of hydrogen-bond acceptors (Lipinski definition) is 4. The number of likely N-dealkylation sites (N-methyl/N-ethyl adjacent to an activating group) is 1. The summed E-state index contributed by atoms with van der Waals surface area (Å²) in [7, 11) is 4.77. The van der Waals surface area contributed by atoms with E-state index < -0.39 is 12.0 Å². The molecule has 2 N–H and O–H groups in total. The molecule has 0 saturated heterocycles. The molecule has 0 aliphatic carbocycles. The number of methoxy groups -OCH3 is 1. The van der Waals surface area contributed by atoms with Gasteiger partial charge in [0, 0.05) is 0 Å². The maximum Gasteiger partial charge on any atom is 0.325 e. The third kappa shape index (κ3) is 2.43. The van der Waals surface area contributed by atoms with Gasteiger partial charge in [-0.15, -0.1) is 0 Å². The third-order valence-electron chi connectivity index (χ3n) is 2.27. The Hall–Kier alpha value is -1.75. The normalized spacial score (nSPS) is 12.5. The van der Waals surface area contributed by atoms with Crippen LogP contribution < -0.4 is 4.74 Å². The minimum absolute atomic E-state index is 0.0619. The van der Waals surface area contributed by atoms with Crippen LogP contribution >= 0.6 is 0 Å². The number of benzene rings is 1. The molecule has 0 spiro atoms. The first-order chi connectivity index (χ1) is 7.47. The van der Waals surface area contributed by atoms with Gasteiger partial charge in [0.25, 0.3) is 0 Å². The SMILES string of the molecule is COc1ccc(C(C(=O)O)N(C)C)cc1O. The smallest absolute Gasteiger partial charge is 0.325 e. The summed E-state index contributed by atoms with van der Waals surface area (Å²) in [6.07, 6.45) is 0. The molecule has 1 aromatic carbocycles. The number of ether oxygens (including phenoxy) is 1. The molecule has 0 saturated carbocycles. The number of carboxylic acid groups (broad SMARTS) is 1. The maximum atomic E-state index is 11.1.